The molecule has 1 N–H and O–H groups in total. The van der Waals surface area contributed by atoms with E-state index in [-0.39, 0.29) is 29.5 Å². The molecule has 0 aromatic heterocycles. The van der Waals surface area contributed by atoms with E-state index in [1.165, 1.54) is 12.1 Å². The molecule has 1 atom stereocenters. The molecule has 1 aliphatic heterocycles. The predicted molar refractivity (Wildman–Crippen MR) is 86.0 cm³/mol. The Kier molecular flexibility index (Phi) is 4.40. The number of benzene rings is 1. The number of rotatable bonds is 3. The summed E-state index contributed by atoms with van der Waals surface area (Å²) < 4.78 is 0. The SMILES string of the molecule is Cc1ccc([N+](=O)[O-])cc1NC(=O)[C@@H]1CC(=O)N(C(C)(C)C)C1. The van der Waals surface area contributed by atoms with Crippen LogP contribution in [0.15, 0.2) is 18.2 Å². The predicted octanol–water partition coefficient (Wildman–Crippen LogP) is 2.49. The third-order valence-electron chi connectivity index (χ3n) is 4.00. The summed E-state index contributed by atoms with van der Waals surface area (Å²) in [7, 11) is 0. The van der Waals surface area contributed by atoms with E-state index >= 15 is 0 Å². The van der Waals surface area contributed by atoms with Crippen molar-refractivity contribution in [3.8, 4) is 0 Å². The third kappa shape index (κ3) is 3.67. The van der Waals surface area contributed by atoms with Gasteiger partial charge in [-0.15, -0.1) is 0 Å². The topological polar surface area (TPSA) is 92.5 Å². The summed E-state index contributed by atoms with van der Waals surface area (Å²) in [5, 5.41) is 13.6. The van der Waals surface area contributed by atoms with Crippen molar-refractivity contribution in [2.45, 2.75) is 39.7 Å². The Bertz CT molecular complexity index is 664. The molecular weight excluding hydrogens is 298 g/mol. The first kappa shape index (κ1) is 16.9. The van der Waals surface area contributed by atoms with E-state index in [1.54, 1.807) is 17.9 Å². The lowest BCUT2D eigenvalue weighted by atomic mass is 10.1. The molecule has 0 radical (unpaired) electrons. The van der Waals surface area contributed by atoms with E-state index < -0.39 is 10.8 Å². The summed E-state index contributed by atoms with van der Waals surface area (Å²) in [6.45, 7) is 7.91. The van der Waals surface area contributed by atoms with Gasteiger partial charge in [-0.2, -0.15) is 0 Å². The summed E-state index contributed by atoms with van der Waals surface area (Å²) in [4.78, 5) is 36.5. The largest absolute Gasteiger partial charge is 0.337 e. The maximum atomic E-state index is 12.4. The molecule has 1 aromatic carbocycles. The van der Waals surface area contributed by atoms with Crippen LogP contribution in [-0.4, -0.2) is 33.7 Å². The van der Waals surface area contributed by atoms with Crippen LogP contribution in [0.25, 0.3) is 0 Å². The standard InChI is InChI=1S/C16H21N3O4/c1-10-5-6-12(19(22)23)8-13(10)17-15(21)11-7-14(20)18(9-11)16(2,3)4/h5-6,8,11H,7,9H2,1-4H3,(H,17,21)/t11-/m1/s1. The van der Waals surface area contributed by atoms with Crippen LogP contribution in [0.2, 0.25) is 0 Å². The molecule has 0 spiro atoms. The van der Waals surface area contributed by atoms with Gasteiger partial charge in [-0.1, -0.05) is 6.07 Å². The Morgan fingerprint density at radius 1 is 1.39 bits per heavy atom. The Morgan fingerprint density at radius 2 is 2.04 bits per heavy atom. The van der Waals surface area contributed by atoms with Crippen molar-refractivity contribution in [3.63, 3.8) is 0 Å². The zero-order valence-electron chi connectivity index (χ0n) is 13.8. The summed E-state index contributed by atoms with van der Waals surface area (Å²) in [6, 6.07) is 4.33. The molecule has 1 fully saturated rings. The monoisotopic (exact) mass is 319 g/mol. The van der Waals surface area contributed by atoms with Crippen LogP contribution in [0.4, 0.5) is 11.4 Å². The van der Waals surface area contributed by atoms with Gasteiger partial charge in [-0.3, -0.25) is 19.7 Å². The van der Waals surface area contributed by atoms with E-state index in [2.05, 4.69) is 5.32 Å². The van der Waals surface area contributed by atoms with Crippen LogP contribution in [0, 0.1) is 23.0 Å². The molecule has 1 aromatic rings. The molecule has 7 heteroatoms. The molecule has 2 rings (SSSR count). The van der Waals surface area contributed by atoms with E-state index in [0.29, 0.717) is 12.2 Å². The number of likely N-dealkylation sites (tertiary alicyclic amines) is 1. The van der Waals surface area contributed by atoms with Crippen molar-refractivity contribution in [2.75, 3.05) is 11.9 Å². The van der Waals surface area contributed by atoms with Gasteiger partial charge >= 0.3 is 0 Å². The number of carbonyl (C=O) groups excluding carboxylic acids is 2. The molecule has 0 unspecified atom stereocenters. The van der Waals surface area contributed by atoms with Crippen LogP contribution in [-0.2, 0) is 9.59 Å². The van der Waals surface area contributed by atoms with Crippen LogP contribution >= 0.6 is 0 Å². The van der Waals surface area contributed by atoms with Gasteiger partial charge in [0.25, 0.3) is 5.69 Å². The average molecular weight is 319 g/mol. The highest BCUT2D eigenvalue weighted by Gasteiger charge is 2.39. The van der Waals surface area contributed by atoms with Crippen molar-refractivity contribution in [1.29, 1.82) is 0 Å². The Hall–Kier alpha value is -2.44. The fourth-order valence-corrected chi connectivity index (χ4v) is 2.62. The van der Waals surface area contributed by atoms with Crippen LogP contribution in [0.1, 0.15) is 32.8 Å². The van der Waals surface area contributed by atoms with Gasteiger partial charge < -0.3 is 10.2 Å². The average Bonchev–Trinajstić information content (AvgIpc) is 2.83. The highest BCUT2D eigenvalue weighted by Crippen LogP contribution is 2.28. The summed E-state index contributed by atoms with van der Waals surface area (Å²) in [6.07, 6.45) is 0.164. The number of nitro groups is 1. The number of hydrogen-bond donors (Lipinski definition) is 1. The fourth-order valence-electron chi connectivity index (χ4n) is 2.62. The second-order valence-electron chi connectivity index (χ2n) is 6.82. The Balaban J connectivity index is 2.13. The minimum Gasteiger partial charge on any atom is -0.337 e. The number of carbonyl (C=O) groups is 2. The summed E-state index contributed by atoms with van der Waals surface area (Å²) >= 11 is 0. The second kappa shape index (κ2) is 5.98. The van der Waals surface area contributed by atoms with Crippen molar-refractivity contribution < 1.29 is 14.5 Å². The number of non-ortho nitro benzene ring substituents is 1. The van der Waals surface area contributed by atoms with Gasteiger partial charge in [-0.25, -0.2) is 0 Å². The first-order valence-electron chi connectivity index (χ1n) is 7.46. The Morgan fingerprint density at radius 3 is 2.57 bits per heavy atom. The lowest BCUT2D eigenvalue weighted by molar-refractivity contribution is -0.384. The van der Waals surface area contributed by atoms with E-state index in [1.807, 2.05) is 20.8 Å². The number of hydrogen-bond acceptors (Lipinski definition) is 4. The minimum absolute atomic E-state index is 0.0478. The molecule has 0 aliphatic carbocycles. The molecule has 7 nitrogen and oxygen atoms in total. The summed E-state index contributed by atoms with van der Waals surface area (Å²) in [5.41, 5.74) is 0.740. The van der Waals surface area contributed by atoms with E-state index in [0.717, 1.165) is 5.56 Å². The lowest BCUT2D eigenvalue weighted by Gasteiger charge is -2.31. The molecule has 1 saturated heterocycles. The molecule has 0 saturated carbocycles. The first-order chi connectivity index (χ1) is 10.6. The molecule has 124 valence electrons. The number of aryl methyl sites for hydroxylation is 1. The first-order valence-corrected chi connectivity index (χ1v) is 7.46. The van der Waals surface area contributed by atoms with Gasteiger partial charge in [0.1, 0.15) is 0 Å². The van der Waals surface area contributed by atoms with Crippen molar-refractivity contribution >= 4 is 23.2 Å². The molecule has 1 aliphatic rings. The van der Waals surface area contributed by atoms with Gasteiger partial charge in [0.15, 0.2) is 0 Å². The van der Waals surface area contributed by atoms with E-state index in [9.17, 15) is 19.7 Å². The lowest BCUT2D eigenvalue weighted by Crippen LogP contribution is -2.42. The second-order valence-corrected chi connectivity index (χ2v) is 6.82. The molecular formula is C16H21N3O4. The van der Waals surface area contributed by atoms with E-state index in [4.69, 9.17) is 0 Å². The number of anilines is 1. The smallest absolute Gasteiger partial charge is 0.271 e. The van der Waals surface area contributed by atoms with Gasteiger partial charge in [0.2, 0.25) is 11.8 Å². The molecule has 23 heavy (non-hydrogen) atoms. The zero-order valence-corrected chi connectivity index (χ0v) is 13.8. The number of nitro benzene ring substituents is 1. The normalized spacial score (nSPS) is 18.2. The van der Waals surface area contributed by atoms with Crippen LogP contribution in [0.5, 0.6) is 0 Å². The quantitative estimate of drug-likeness (QED) is 0.684. The van der Waals surface area contributed by atoms with Crippen molar-refractivity contribution in [3.05, 3.63) is 33.9 Å². The number of amides is 2. The Labute approximate surface area is 134 Å². The number of nitrogens with zero attached hydrogens (tertiary/aromatic N) is 2. The molecule has 1 heterocycles. The molecule has 2 amide bonds. The highest BCUT2D eigenvalue weighted by molar-refractivity contribution is 5.98. The van der Waals surface area contributed by atoms with Crippen molar-refractivity contribution in [2.24, 2.45) is 5.92 Å². The van der Waals surface area contributed by atoms with Gasteiger partial charge in [0, 0.05) is 30.6 Å². The zero-order chi connectivity index (χ0) is 17.4. The summed E-state index contributed by atoms with van der Waals surface area (Å²) in [5.74, 6) is -0.775. The number of nitrogens with one attached hydrogen (secondary N) is 1. The van der Waals surface area contributed by atoms with Crippen molar-refractivity contribution in [1.82, 2.24) is 4.90 Å². The maximum absolute atomic E-state index is 12.4. The minimum atomic E-state index is -0.504. The van der Waals surface area contributed by atoms with Gasteiger partial charge in [0.05, 0.1) is 16.5 Å². The molecule has 0 bridgehead atoms. The fraction of sp³-hybridized carbons (Fsp3) is 0.500. The maximum Gasteiger partial charge on any atom is 0.271 e. The highest BCUT2D eigenvalue weighted by atomic mass is 16.6. The third-order valence-corrected chi connectivity index (χ3v) is 4.00. The van der Waals surface area contributed by atoms with Crippen LogP contribution in [0.3, 0.4) is 0 Å². The van der Waals surface area contributed by atoms with Crippen LogP contribution < -0.4 is 5.32 Å². The van der Waals surface area contributed by atoms with Gasteiger partial charge in [-0.05, 0) is 33.3 Å².